The van der Waals surface area contributed by atoms with Crippen molar-refractivity contribution in [2.24, 2.45) is 0 Å². The monoisotopic (exact) mass is 345 g/mol. The lowest BCUT2D eigenvalue weighted by atomic mass is 10.1. The highest BCUT2D eigenvalue weighted by atomic mass is 16.4. The van der Waals surface area contributed by atoms with E-state index in [0.29, 0.717) is 28.8 Å². The molecule has 2 N–H and O–H groups in total. The number of oxazole rings is 1. The standard InChI is InChI=1S/C19H15N5O2/c25-18(23-16-5-1-3-9-20-16)12-13-7-8-14-15(11-13)26-19(22-14)24-17-6-2-4-10-21-17/h1-11H,12H2,(H,20,23,25)(H,21,22,24). The van der Waals surface area contributed by atoms with Gasteiger partial charge in [-0.3, -0.25) is 10.1 Å². The predicted octanol–water partition coefficient (Wildman–Crippen LogP) is 3.54. The predicted molar refractivity (Wildman–Crippen MR) is 98.1 cm³/mol. The van der Waals surface area contributed by atoms with Crippen molar-refractivity contribution >= 4 is 34.7 Å². The van der Waals surface area contributed by atoms with Crippen LogP contribution in [-0.4, -0.2) is 20.9 Å². The molecule has 0 fully saturated rings. The summed E-state index contributed by atoms with van der Waals surface area (Å²) in [5, 5.41) is 5.77. The van der Waals surface area contributed by atoms with E-state index in [0.717, 1.165) is 5.56 Å². The van der Waals surface area contributed by atoms with Gasteiger partial charge in [-0.1, -0.05) is 18.2 Å². The van der Waals surface area contributed by atoms with Crippen LogP contribution in [0, 0.1) is 0 Å². The molecule has 0 unspecified atom stereocenters. The van der Waals surface area contributed by atoms with Crippen molar-refractivity contribution in [2.75, 3.05) is 10.6 Å². The van der Waals surface area contributed by atoms with Crippen molar-refractivity contribution in [1.29, 1.82) is 0 Å². The third-order valence-electron chi connectivity index (χ3n) is 3.65. The molecule has 0 aliphatic rings. The summed E-state index contributed by atoms with van der Waals surface area (Å²) in [5.41, 5.74) is 2.13. The summed E-state index contributed by atoms with van der Waals surface area (Å²) in [5.74, 6) is 1.03. The van der Waals surface area contributed by atoms with Crippen molar-refractivity contribution in [2.45, 2.75) is 6.42 Å². The number of amides is 1. The number of carbonyl (C=O) groups is 1. The number of hydrogen-bond donors (Lipinski definition) is 2. The lowest BCUT2D eigenvalue weighted by molar-refractivity contribution is -0.115. The van der Waals surface area contributed by atoms with Crippen LogP contribution in [0.3, 0.4) is 0 Å². The molecule has 1 aromatic carbocycles. The minimum absolute atomic E-state index is 0.144. The van der Waals surface area contributed by atoms with E-state index in [2.05, 4.69) is 25.6 Å². The van der Waals surface area contributed by atoms with Crippen LogP contribution in [0.25, 0.3) is 11.1 Å². The normalized spacial score (nSPS) is 10.6. The maximum atomic E-state index is 12.1. The summed E-state index contributed by atoms with van der Waals surface area (Å²) >= 11 is 0. The minimum Gasteiger partial charge on any atom is -0.423 e. The van der Waals surface area contributed by atoms with Gasteiger partial charge in [-0.05, 0) is 42.0 Å². The van der Waals surface area contributed by atoms with Crippen LogP contribution in [0.2, 0.25) is 0 Å². The van der Waals surface area contributed by atoms with Crippen LogP contribution >= 0.6 is 0 Å². The van der Waals surface area contributed by atoms with Crippen LogP contribution < -0.4 is 10.6 Å². The van der Waals surface area contributed by atoms with E-state index in [4.69, 9.17) is 4.42 Å². The Labute approximate surface area is 149 Å². The molecule has 3 aromatic heterocycles. The van der Waals surface area contributed by atoms with E-state index >= 15 is 0 Å². The van der Waals surface area contributed by atoms with Crippen LogP contribution in [-0.2, 0) is 11.2 Å². The first-order valence-electron chi connectivity index (χ1n) is 8.05. The molecule has 0 atom stereocenters. The van der Waals surface area contributed by atoms with Gasteiger partial charge in [-0.25, -0.2) is 9.97 Å². The molecule has 0 saturated heterocycles. The number of nitrogens with one attached hydrogen (secondary N) is 2. The molecule has 4 aromatic rings. The molecule has 128 valence electrons. The molecule has 1 amide bonds. The fourth-order valence-corrected chi connectivity index (χ4v) is 2.49. The van der Waals surface area contributed by atoms with E-state index in [1.165, 1.54) is 0 Å². The van der Waals surface area contributed by atoms with E-state index in [-0.39, 0.29) is 12.3 Å². The Kier molecular flexibility index (Phi) is 4.26. The third kappa shape index (κ3) is 3.67. The Morgan fingerprint density at radius 3 is 2.46 bits per heavy atom. The second-order valence-electron chi connectivity index (χ2n) is 5.60. The van der Waals surface area contributed by atoms with Gasteiger partial charge in [-0.2, -0.15) is 4.98 Å². The number of nitrogens with zero attached hydrogens (tertiary/aromatic N) is 3. The molecule has 0 aliphatic carbocycles. The zero-order chi connectivity index (χ0) is 17.8. The fraction of sp³-hybridized carbons (Fsp3) is 0.0526. The number of benzene rings is 1. The first-order valence-corrected chi connectivity index (χ1v) is 8.05. The third-order valence-corrected chi connectivity index (χ3v) is 3.65. The highest BCUT2D eigenvalue weighted by Gasteiger charge is 2.10. The van der Waals surface area contributed by atoms with Gasteiger partial charge in [0.05, 0.1) is 6.42 Å². The quantitative estimate of drug-likeness (QED) is 0.575. The van der Waals surface area contributed by atoms with Crippen molar-refractivity contribution in [3.8, 4) is 0 Å². The summed E-state index contributed by atoms with van der Waals surface area (Å²) < 4.78 is 5.71. The number of pyridine rings is 2. The van der Waals surface area contributed by atoms with Gasteiger partial charge in [0.1, 0.15) is 17.2 Å². The molecule has 7 heteroatoms. The zero-order valence-electron chi connectivity index (χ0n) is 13.7. The van der Waals surface area contributed by atoms with Crippen molar-refractivity contribution in [1.82, 2.24) is 15.0 Å². The first kappa shape index (κ1) is 15.8. The molecule has 0 saturated carbocycles. The molecule has 0 spiro atoms. The summed E-state index contributed by atoms with van der Waals surface area (Å²) in [6.07, 6.45) is 3.53. The van der Waals surface area contributed by atoms with Crippen LogP contribution in [0.4, 0.5) is 17.7 Å². The van der Waals surface area contributed by atoms with E-state index in [1.807, 2.05) is 42.5 Å². The van der Waals surface area contributed by atoms with E-state index in [9.17, 15) is 4.79 Å². The van der Waals surface area contributed by atoms with Crippen LogP contribution in [0.15, 0.2) is 71.4 Å². The fourth-order valence-electron chi connectivity index (χ4n) is 2.49. The highest BCUT2D eigenvalue weighted by Crippen LogP contribution is 2.22. The molecule has 0 radical (unpaired) electrons. The van der Waals surface area contributed by atoms with Gasteiger partial charge in [0.15, 0.2) is 5.58 Å². The maximum absolute atomic E-state index is 12.1. The summed E-state index contributed by atoms with van der Waals surface area (Å²) in [6.45, 7) is 0. The highest BCUT2D eigenvalue weighted by molar-refractivity contribution is 5.92. The van der Waals surface area contributed by atoms with Gasteiger partial charge in [0.25, 0.3) is 0 Å². The molecular formula is C19H15N5O2. The molecule has 0 aliphatic heterocycles. The Hall–Kier alpha value is -3.74. The molecule has 3 heterocycles. The van der Waals surface area contributed by atoms with Crippen LogP contribution in [0.1, 0.15) is 5.56 Å². The van der Waals surface area contributed by atoms with E-state index in [1.54, 1.807) is 24.5 Å². The number of fused-ring (bicyclic) bond motifs is 1. The lowest BCUT2D eigenvalue weighted by Gasteiger charge is -2.03. The Morgan fingerprint density at radius 1 is 0.962 bits per heavy atom. The molecule has 7 nitrogen and oxygen atoms in total. The minimum atomic E-state index is -0.144. The molecular weight excluding hydrogens is 330 g/mol. The topological polar surface area (TPSA) is 92.9 Å². The smallest absolute Gasteiger partial charge is 0.301 e. The Bertz CT molecular complexity index is 1030. The van der Waals surface area contributed by atoms with Gasteiger partial charge < -0.3 is 9.73 Å². The largest absolute Gasteiger partial charge is 0.423 e. The average Bonchev–Trinajstić information content (AvgIpc) is 3.05. The summed E-state index contributed by atoms with van der Waals surface area (Å²) in [6, 6.07) is 16.7. The molecule has 4 rings (SSSR count). The van der Waals surface area contributed by atoms with E-state index < -0.39 is 0 Å². The number of rotatable bonds is 5. The average molecular weight is 345 g/mol. The van der Waals surface area contributed by atoms with Crippen molar-refractivity contribution < 1.29 is 9.21 Å². The van der Waals surface area contributed by atoms with Gasteiger partial charge >= 0.3 is 6.01 Å². The van der Waals surface area contributed by atoms with Gasteiger partial charge in [0.2, 0.25) is 5.91 Å². The number of aromatic nitrogens is 3. The Morgan fingerprint density at radius 2 is 1.73 bits per heavy atom. The second-order valence-corrected chi connectivity index (χ2v) is 5.60. The van der Waals surface area contributed by atoms with Gasteiger partial charge in [-0.15, -0.1) is 0 Å². The van der Waals surface area contributed by atoms with Crippen molar-refractivity contribution in [3.05, 3.63) is 72.6 Å². The first-order chi connectivity index (χ1) is 12.8. The number of carbonyl (C=O) groups excluding carboxylic acids is 1. The number of hydrogen-bond acceptors (Lipinski definition) is 6. The second kappa shape index (κ2) is 7.02. The number of anilines is 3. The molecule has 26 heavy (non-hydrogen) atoms. The SMILES string of the molecule is O=C(Cc1ccc2nc(Nc3ccccn3)oc2c1)Nc1ccccn1. The van der Waals surface area contributed by atoms with Crippen molar-refractivity contribution in [3.63, 3.8) is 0 Å². The summed E-state index contributed by atoms with van der Waals surface area (Å²) in [7, 11) is 0. The zero-order valence-corrected chi connectivity index (χ0v) is 13.7. The van der Waals surface area contributed by atoms with Crippen LogP contribution in [0.5, 0.6) is 0 Å². The summed E-state index contributed by atoms with van der Waals surface area (Å²) in [4.78, 5) is 24.8. The van der Waals surface area contributed by atoms with Gasteiger partial charge in [0, 0.05) is 12.4 Å². The Balaban J connectivity index is 1.48. The maximum Gasteiger partial charge on any atom is 0.301 e. The molecule has 0 bridgehead atoms. The lowest BCUT2D eigenvalue weighted by Crippen LogP contribution is -2.15.